The van der Waals surface area contributed by atoms with E-state index in [9.17, 15) is 0 Å². The van der Waals surface area contributed by atoms with Crippen LogP contribution in [0.25, 0.3) is 0 Å². The molecule has 7 N–H and O–H groups in total. The number of anilines is 1. The summed E-state index contributed by atoms with van der Waals surface area (Å²) in [6, 6.07) is 7.87. The summed E-state index contributed by atoms with van der Waals surface area (Å²) in [6.45, 7) is 19.9. The molecule has 0 aromatic heterocycles. The standard InChI is InChI=1S/C8H11NO.C7H10S.C4H11N.C2H8N2.2C2H6/c1-7-2-4-8(5-3-7)9-6-10;1-3-4-5-6-7(2)8;1-3-4-5-2;3-1-2-4;2*1-2/h2-5,9-10H,6H2,1H3;3-6,8H,1H2,2H3;5H,3-4H2,1-2H3;1-4H2;2*1-2H3/b;5-4-,7-6+;;;;. The fourth-order valence-corrected chi connectivity index (χ4v) is 1.37. The van der Waals surface area contributed by atoms with Crippen molar-refractivity contribution in [2.75, 3.05) is 38.7 Å². The van der Waals surface area contributed by atoms with Crippen LogP contribution >= 0.6 is 12.6 Å². The molecule has 0 fully saturated rings. The van der Waals surface area contributed by atoms with E-state index >= 15 is 0 Å². The van der Waals surface area contributed by atoms with Gasteiger partial charge in [0.25, 0.3) is 0 Å². The summed E-state index contributed by atoms with van der Waals surface area (Å²) in [5, 5.41) is 14.3. The number of aliphatic hydroxyl groups is 1. The van der Waals surface area contributed by atoms with E-state index in [1.54, 1.807) is 6.08 Å². The second-order valence-electron chi connectivity index (χ2n) is 5.31. The Bertz CT molecular complexity index is 467. The zero-order valence-corrected chi connectivity index (χ0v) is 22.3. The highest BCUT2D eigenvalue weighted by Gasteiger charge is 1.86. The first-order chi connectivity index (χ1) is 14.9. The molecule has 1 aromatic rings. The van der Waals surface area contributed by atoms with Crippen molar-refractivity contribution in [3.05, 3.63) is 65.6 Å². The molecule has 0 radical (unpaired) electrons. The summed E-state index contributed by atoms with van der Waals surface area (Å²) in [5.74, 6) is 0. The Morgan fingerprint density at radius 3 is 1.81 bits per heavy atom. The molecule has 1 rings (SSSR count). The lowest BCUT2D eigenvalue weighted by molar-refractivity contribution is 0.325. The van der Waals surface area contributed by atoms with Crippen LogP contribution in [0.15, 0.2) is 60.1 Å². The van der Waals surface area contributed by atoms with Crippen molar-refractivity contribution >= 4 is 18.3 Å². The number of allylic oxidation sites excluding steroid dienone is 5. The summed E-state index contributed by atoms with van der Waals surface area (Å²) in [6.07, 6.45) is 8.63. The zero-order valence-electron chi connectivity index (χ0n) is 21.4. The molecule has 0 aliphatic heterocycles. The summed E-state index contributed by atoms with van der Waals surface area (Å²) < 4.78 is 0. The van der Waals surface area contributed by atoms with Gasteiger partial charge in [-0.1, -0.05) is 83.2 Å². The van der Waals surface area contributed by atoms with Gasteiger partial charge in [-0.2, -0.15) is 0 Å². The Hall–Kier alpha value is -1.57. The first-order valence-electron chi connectivity index (χ1n) is 11.0. The molecule has 6 heteroatoms. The average molecular weight is 457 g/mol. The van der Waals surface area contributed by atoms with Crippen LogP contribution in [0.3, 0.4) is 0 Å². The summed E-state index contributed by atoms with van der Waals surface area (Å²) >= 11 is 4.05. The van der Waals surface area contributed by atoms with Crippen LogP contribution in [0, 0.1) is 6.92 Å². The number of benzene rings is 1. The molecule has 0 amide bonds. The van der Waals surface area contributed by atoms with Crippen LogP contribution in [0.4, 0.5) is 5.69 Å². The number of aliphatic hydroxyl groups excluding tert-OH is 1. The Morgan fingerprint density at radius 1 is 1.06 bits per heavy atom. The van der Waals surface area contributed by atoms with Crippen LogP contribution in [-0.4, -0.2) is 38.5 Å². The molecule has 0 saturated carbocycles. The van der Waals surface area contributed by atoms with Gasteiger partial charge >= 0.3 is 0 Å². The molecule has 0 heterocycles. The van der Waals surface area contributed by atoms with Crippen molar-refractivity contribution in [2.24, 2.45) is 11.5 Å². The molecule has 5 nitrogen and oxygen atoms in total. The minimum absolute atomic E-state index is 0.0109. The summed E-state index contributed by atoms with van der Waals surface area (Å²) in [4.78, 5) is 1.00. The smallest absolute Gasteiger partial charge is 0.113 e. The Labute approximate surface area is 199 Å². The highest BCUT2D eigenvalue weighted by molar-refractivity contribution is 7.84. The van der Waals surface area contributed by atoms with Gasteiger partial charge in [-0.3, -0.25) is 0 Å². The third-order valence-corrected chi connectivity index (χ3v) is 2.74. The molecular formula is C25H52N4OS. The third-order valence-electron chi connectivity index (χ3n) is 2.59. The molecule has 0 spiro atoms. The molecule has 0 aliphatic carbocycles. The van der Waals surface area contributed by atoms with E-state index in [2.05, 4.69) is 36.8 Å². The number of rotatable bonds is 7. The van der Waals surface area contributed by atoms with Gasteiger partial charge in [-0.05, 0) is 50.9 Å². The van der Waals surface area contributed by atoms with Gasteiger partial charge in [0.15, 0.2) is 0 Å². The number of nitrogens with two attached hydrogens (primary N) is 2. The largest absolute Gasteiger partial charge is 0.377 e. The lowest BCUT2D eigenvalue weighted by Gasteiger charge is -2.00. The molecule has 31 heavy (non-hydrogen) atoms. The molecule has 1 aromatic carbocycles. The van der Waals surface area contributed by atoms with Crippen molar-refractivity contribution in [3.8, 4) is 0 Å². The number of thiol groups is 1. The monoisotopic (exact) mass is 456 g/mol. The van der Waals surface area contributed by atoms with E-state index < -0.39 is 0 Å². The van der Waals surface area contributed by atoms with E-state index in [4.69, 9.17) is 16.6 Å². The zero-order chi connectivity index (χ0) is 25.3. The predicted octanol–water partition coefficient (Wildman–Crippen LogP) is 5.49. The minimum atomic E-state index is -0.0109. The number of hydrogen-bond acceptors (Lipinski definition) is 6. The fourth-order valence-electron chi connectivity index (χ4n) is 1.29. The topological polar surface area (TPSA) is 96.3 Å². The maximum absolute atomic E-state index is 8.48. The Morgan fingerprint density at radius 2 is 1.55 bits per heavy atom. The molecule has 184 valence electrons. The summed E-state index contributed by atoms with van der Waals surface area (Å²) in [5.41, 5.74) is 12.0. The van der Waals surface area contributed by atoms with Gasteiger partial charge < -0.3 is 27.2 Å². The average Bonchev–Trinajstić information content (AvgIpc) is 2.80. The second kappa shape index (κ2) is 42.5. The minimum Gasteiger partial charge on any atom is -0.377 e. The maximum Gasteiger partial charge on any atom is 0.113 e. The van der Waals surface area contributed by atoms with E-state index in [0.717, 1.165) is 17.1 Å². The number of nitrogens with one attached hydrogen (secondary N) is 2. The van der Waals surface area contributed by atoms with E-state index in [1.807, 2.05) is 91.1 Å². The van der Waals surface area contributed by atoms with Gasteiger partial charge in [0.2, 0.25) is 0 Å². The lowest BCUT2D eigenvalue weighted by Crippen LogP contribution is -2.11. The highest BCUT2D eigenvalue weighted by Crippen LogP contribution is 2.06. The van der Waals surface area contributed by atoms with Gasteiger partial charge in [0.1, 0.15) is 6.73 Å². The van der Waals surface area contributed by atoms with Gasteiger partial charge in [0, 0.05) is 18.8 Å². The van der Waals surface area contributed by atoms with Crippen molar-refractivity contribution in [3.63, 3.8) is 0 Å². The fraction of sp³-hybridized carbons (Fsp3) is 0.520. The maximum atomic E-state index is 8.48. The van der Waals surface area contributed by atoms with Crippen LogP contribution in [-0.2, 0) is 0 Å². The van der Waals surface area contributed by atoms with Crippen molar-refractivity contribution < 1.29 is 5.11 Å². The Balaban J connectivity index is -0.0000000966. The van der Waals surface area contributed by atoms with Crippen molar-refractivity contribution in [2.45, 2.75) is 54.9 Å². The quantitative estimate of drug-likeness (QED) is 0.185. The SMILES string of the molecule is C=C/C=C\C=C(/C)S.CC.CC.CCCNC.Cc1ccc(NCO)cc1.NCCN. The summed E-state index contributed by atoms with van der Waals surface area (Å²) in [7, 11) is 1.96. The van der Waals surface area contributed by atoms with Crippen LogP contribution in [0.2, 0.25) is 0 Å². The first kappa shape index (κ1) is 39.9. The van der Waals surface area contributed by atoms with E-state index in [0.29, 0.717) is 13.1 Å². The van der Waals surface area contributed by atoms with E-state index in [1.165, 1.54) is 12.0 Å². The second-order valence-corrected chi connectivity index (χ2v) is 6.02. The molecular weight excluding hydrogens is 404 g/mol. The molecule has 0 aliphatic rings. The first-order valence-corrected chi connectivity index (χ1v) is 11.5. The van der Waals surface area contributed by atoms with Gasteiger partial charge in [-0.15, -0.1) is 12.6 Å². The van der Waals surface area contributed by atoms with Gasteiger partial charge in [0.05, 0.1) is 0 Å². The number of hydrogen-bond donors (Lipinski definition) is 6. The van der Waals surface area contributed by atoms with Crippen LogP contribution in [0.5, 0.6) is 0 Å². The third kappa shape index (κ3) is 52.6. The lowest BCUT2D eigenvalue weighted by atomic mass is 10.2. The van der Waals surface area contributed by atoms with Crippen LogP contribution in [0.1, 0.15) is 53.5 Å². The van der Waals surface area contributed by atoms with Crippen LogP contribution < -0.4 is 22.1 Å². The molecule has 0 unspecified atom stereocenters. The number of aryl methyl sites for hydroxylation is 1. The van der Waals surface area contributed by atoms with E-state index in [-0.39, 0.29) is 6.73 Å². The molecule has 0 saturated heterocycles. The normalized spacial score (nSPS) is 8.97. The van der Waals surface area contributed by atoms with Crippen molar-refractivity contribution in [1.82, 2.24) is 5.32 Å². The van der Waals surface area contributed by atoms with Gasteiger partial charge in [-0.25, -0.2) is 0 Å². The predicted molar refractivity (Wildman–Crippen MR) is 149 cm³/mol. The Kier molecular flexibility index (Phi) is 54.7. The highest BCUT2D eigenvalue weighted by atomic mass is 32.1. The van der Waals surface area contributed by atoms with Crippen molar-refractivity contribution in [1.29, 1.82) is 0 Å². The molecule has 0 bridgehead atoms. The molecule has 0 atom stereocenters.